The molecule has 5 aromatic rings. The minimum Gasteiger partial charge on any atom is -0.354 e. The van der Waals surface area contributed by atoms with Gasteiger partial charge in [0.15, 0.2) is 0 Å². The summed E-state index contributed by atoms with van der Waals surface area (Å²) < 4.78 is 2.10. The average Bonchev–Trinajstić information content (AvgIpc) is 3.79. The van der Waals surface area contributed by atoms with Gasteiger partial charge in [-0.05, 0) is 79.6 Å². The number of nitrogens with zero attached hydrogens (tertiary/aromatic N) is 5. The highest BCUT2D eigenvalue weighted by Gasteiger charge is 2.56. The summed E-state index contributed by atoms with van der Waals surface area (Å²) >= 11 is 0. The van der Waals surface area contributed by atoms with E-state index >= 15 is 0 Å². The molecule has 1 aliphatic carbocycles. The number of hydrogen-bond acceptors (Lipinski definition) is 5. The standard InChI is InChI=1S/C33H35N7O/c1-3-26-27-6-4-23(15-28(27)37-30(26)25-14-21(2)31-34-8-9-40(31)20-25)24-5-7-29(35-19-24)38-10-12-39(13-11-38)32(41)33-16-22(17-33)18-36-33/h4-9,14-15,19-20,22,36-37H,3,10-13,16-18H2,1-2H3. The lowest BCUT2D eigenvalue weighted by Crippen LogP contribution is -2.61. The second kappa shape index (κ2) is 9.17. The molecule has 0 radical (unpaired) electrons. The molecule has 4 aromatic heterocycles. The summed E-state index contributed by atoms with van der Waals surface area (Å²) in [6.07, 6.45) is 11.0. The molecule has 1 aromatic carbocycles. The number of imidazole rings is 1. The fourth-order valence-electron chi connectivity index (χ4n) is 7.38. The Morgan fingerprint density at radius 3 is 2.59 bits per heavy atom. The van der Waals surface area contributed by atoms with Crippen LogP contribution in [0, 0.1) is 12.8 Å². The molecule has 9 rings (SSSR count). The van der Waals surface area contributed by atoms with E-state index < -0.39 is 0 Å². The zero-order valence-corrected chi connectivity index (χ0v) is 23.7. The molecule has 0 atom stereocenters. The summed E-state index contributed by atoms with van der Waals surface area (Å²) in [6, 6.07) is 13.2. The maximum absolute atomic E-state index is 13.1. The van der Waals surface area contributed by atoms with E-state index in [1.54, 1.807) is 0 Å². The molecule has 41 heavy (non-hydrogen) atoms. The molecular weight excluding hydrogens is 510 g/mol. The number of hydrogen-bond donors (Lipinski definition) is 2. The van der Waals surface area contributed by atoms with Crippen LogP contribution in [0.4, 0.5) is 5.82 Å². The van der Waals surface area contributed by atoms with Gasteiger partial charge in [-0.25, -0.2) is 9.97 Å². The fraction of sp³-hybridized carbons (Fsp3) is 0.364. The monoisotopic (exact) mass is 545 g/mol. The van der Waals surface area contributed by atoms with Crippen LogP contribution in [0.3, 0.4) is 0 Å². The van der Waals surface area contributed by atoms with Crippen LogP contribution in [0.1, 0.15) is 30.9 Å². The molecule has 8 heteroatoms. The molecule has 0 unspecified atom stereocenters. The van der Waals surface area contributed by atoms with Crippen LogP contribution in [0.15, 0.2) is 61.2 Å². The predicted octanol–water partition coefficient (Wildman–Crippen LogP) is 4.82. The third-order valence-electron chi connectivity index (χ3n) is 9.60. The third kappa shape index (κ3) is 3.88. The quantitative estimate of drug-likeness (QED) is 0.331. The normalized spacial score (nSPS) is 22.0. The van der Waals surface area contributed by atoms with Crippen LogP contribution in [0.25, 0.3) is 38.9 Å². The van der Waals surface area contributed by atoms with Crippen LogP contribution >= 0.6 is 0 Å². The van der Waals surface area contributed by atoms with Gasteiger partial charge in [-0.2, -0.15) is 0 Å². The first-order valence-corrected chi connectivity index (χ1v) is 14.9. The minimum absolute atomic E-state index is 0.252. The lowest BCUT2D eigenvalue weighted by Gasteiger charge is -2.43. The van der Waals surface area contributed by atoms with Crippen molar-refractivity contribution in [3.8, 4) is 22.4 Å². The number of carbonyl (C=O) groups is 1. The number of piperazine rings is 1. The summed E-state index contributed by atoms with van der Waals surface area (Å²) in [5.41, 5.74) is 8.96. The Morgan fingerprint density at radius 2 is 1.85 bits per heavy atom. The number of aryl methyl sites for hydroxylation is 2. The van der Waals surface area contributed by atoms with Gasteiger partial charge < -0.3 is 24.5 Å². The lowest BCUT2D eigenvalue weighted by atomic mass is 9.72. The minimum atomic E-state index is -0.252. The summed E-state index contributed by atoms with van der Waals surface area (Å²) in [6.45, 7) is 8.49. The van der Waals surface area contributed by atoms with Gasteiger partial charge in [0.25, 0.3) is 0 Å². The van der Waals surface area contributed by atoms with Crippen molar-refractivity contribution in [1.29, 1.82) is 0 Å². The molecule has 1 amide bonds. The Kier molecular flexibility index (Phi) is 5.51. The van der Waals surface area contributed by atoms with Gasteiger partial charge in [0, 0.05) is 73.0 Å². The van der Waals surface area contributed by atoms with Crippen molar-refractivity contribution in [3.63, 3.8) is 0 Å². The summed E-state index contributed by atoms with van der Waals surface area (Å²) in [5.74, 6) is 1.99. The smallest absolute Gasteiger partial charge is 0.243 e. The van der Waals surface area contributed by atoms with Crippen molar-refractivity contribution in [2.75, 3.05) is 37.6 Å². The molecule has 208 valence electrons. The van der Waals surface area contributed by atoms with Gasteiger partial charge in [0.1, 0.15) is 11.5 Å². The Bertz CT molecular complexity index is 1780. The molecule has 2 bridgehead atoms. The van der Waals surface area contributed by atoms with Crippen molar-refractivity contribution in [2.24, 2.45) is 5.92 Å². The largest absolute Gasteiger partial charge is 0.354 e. The first-order chi connectivity index (χ1) is 20.0. The van der Waals surface area contributed by atoms with Gasteiger partial charge >= 0.3 is 0 Å². The number of anilines is 1. The van der Waals surface area contributed by atoms with Crippen LogP contribution in [-0.4, -0.2) is 68.4 Å². The Labute approximate surface area is 239 Å². The maximum Gasteiger partial charge on any atom is 0.243 e. The number of amides is 1. The van der Waals surface area contributed by atoms with Gasteiger partial charge in [-0.1, -0.05) is 19.1 Å². The summed E-state index contributed by atoms with van der Waals surface area (Å²) in [7, 11) is 0. The number of H-pyrrole nitrogens is 1. The van der Waals surface area contributed by atoms with Gasteiger partial charge in [-0.15, -0.1) is 0 Å². The third-order valence-corrected chi connectivity index (χ3v) is 9.60. The molecule has 2 N–H and O–H groups in total. The number of fused-ring (bicyclic) bond motifs is 3. The van der Waals surface area contributed by atoms with Crippen LogP contribution in [0.5, 0.6) is 0 Å². The van der Waals surface area contributed by atoms with E-state index in [9.17, 15) is 4.79 Å². The van der Waals surface area contributed by atoms with Gasteiger partial charge in [0.05, 0.1) is 11.2 Å². The molecule has 0 spiro atoms. The molecule has 3 saturated heterocycles. The van der Waals surface area contributed by atoms with E-state index in [0.29, 0.717) is 11.8 Å². The van der Waals surface area contributed by atoms with E-state index in [1.807, 2.05) is 18.6 Å². The molecular formula is C33H35N7O. The molecule has 3 aliphatic heterocycles. The first kappa shape index (κ1) is 24.6. The fourth-order valence-corrected chi connectivity index (χ4v) is 7.38. The van der Waals surface area contributed by atoms with Gasteiger partial charge in [-0.3, -0.25) is 4.79 Å². The first-order valence-electron chi connectivity index (χ1n) is 14.9. The van der Waals surface area contributed by atoms with Crippen LogP contribution in [-0.2, 0) is 11.2 Å². The van der Waals surface area contributed by atoms with E-state index in [0.717, 1.165) is 85.7 Å². The number of rotatable bonds is 5. The summed E-state index contributed by atoms with van der Waals surface area (Å²) in [5, 5.41) is 4.74. The highest BCUT2D eigenvalue weighted by molar-refractivity contribution is 5.93. The zero-order chi connectivity index (χ0) is 27.7. The number of aromatic amines is 1. The molecule has 1 saturated carbocycles. The van der Waals surface area contributed by atoms with E-state index in [2.05, 4.69) is 85.9 Å². The SMILES string of the molecule is CCc1c(-c2cc(C)c3nccn3c2)[nH]c2cc(-c3ccc(N4CCN(C(=O)C56CC(CN5)C6)CC4)nc3)ccc12. The Hall–Kier alpha value is -4.17. The highest BCUT2D eigenvalue weighted by Crippen LogP contribution is 2.44. The van der Waals surface area contributed by atoms with Crippen molar-refractivity contribution >= 4 is 28.3 Å². The van der Waals surface area contributed by atoms with Crippen LogP contribution < -0.4 is 10.2 Å². The number of carbonyl (C=O) groups excluding carboxylic acids is 1. The molecule has 8 nitrogen and oxygen atoms in total. The maximum atomic E-state index is 13.1. The second-order valence-corrected chi connectivity index (χ2v) is 12.1. The van der Waals surface area contributed by atoms with Crippen molar-refractivity contribution < 1.29 is 4.79 Å². The number of nitrogens with one attached hydrogen (secondary N) is 2. The van der Waals surface area contributed by atoms with Crippen molar-refractivity contribution in [2.45, 2.75) is 38.6 Å². The lowest BCUT2D eigenvalue weighted by molar-refractivity contribution is -0.141. The number of pyridine rings is 2. The summed E-state index contributed by atoms with van der Waals surface area (Å²) in [4.78, 5) is 30.5. The number of benzene rings is 1. The molecule has 4 fully saturated rings. The van der Waals surface area contributed by atoms with E-state index in [4.69, 9.17) is 4.98 Å². The van der Waals surface area contributed by atoms with E-state index in [1.165, 1.54) is 22.2 Å². The van der Waals surface area contributed by atoms with Crippen molar-refractivity contribution in [3.05, 3.63) is 72.3 Å². The second-order valence-electron chi connectivity index (χ2n) is 12.1. The van der Waals surface area contributed by atoms with Crippen molar-refractivity contribution in [1.82, 2.24) is 29.6 Å². The topological polar surface area (TPSA) is 81.6 Å². The highest BCUT2D eigenvalue weighted by atomic mass is 16.2. The molecule has 7 heterocycles. The Morgan fingerprint density at radius 1 is 1.02 bits per heavy atom. The molecule has 4 aliphatic rings. The predicted molar refractivity (Wildman–Crippen MR) is 162 cm³/mol. The van der Waals surface area contributed by atoms with Gasteiger partial charge in [0.2, 0.25) is 5.91 Å². The Balaban J connectivity index is 1.01. The van der Waals surface area contributed by atoms with Crippen LogP contribution in [0.2, 0.25) is 0 Å². The average molecular weight is 546 g/mol. The zero-order valence-electron chi connectivity index (χ0n) is 23.7. The van der Waals surface area contributed by atoms with E-state index in [-0.39, 0.29) is 5.54 Å². The number of aromatic nitrogens is 4.